The lowest BCUT2D eigenvalue weighted by atomic mass is 10.2. The molecule has 112 valence electrons. The molecular formula is C15H12FN3O2S. The number of ether oxygens (including phenoxy) is 1. The second-order valence-electron chi connectivity index (χ2n) is 4.62. The van der Waals surface area contributed by atoms with Gasteiger partial charge in [-0.2, -0.15) is 0 Å². The minimum Gasteiger partial charge on any atom is -0.467 e. The number of nitrogens with zero attached hydrogens (tertiary/aromatic N) is 2. The minimum absolute atomic E-state index is 0.211. The number of fused-ring (bicyclic) bond motifs is 1. The van der Waals surface area contributed by atoms with Crippen LogP contribution in [0.4, 0.5) is 10.1 Å². The molecule has 0 aliphatic rings. The van der Waals surface area contributed by atoms with Crippen LogP contribution in [0.25, 0.3) is 10.2 Å². The van der Waals surface area contributed by atoms with Crippen LogP contribution in [0.3, 0.4) is 0 Å². The van der Waals surface area contributed by atoms with Gasteiger partial charge in [-0.15, -0.1) is 11.3 Å². The quantitative estimate of drug-likeness (QED) is 0.803. The molecule has 0 spiro atoms. The van der Waals surface area contributed by atoms with E-state index in [2.05, 4.69) is 15.3 Å². The number of nitrogens with one attached hydrogen (secondary N) is 1. The normalized spacial score (nSPS) is 10.6. The molecule has 0 atom stereocenters. The van der Waals surface area contributed by atoms with Gasteiger partial charge in [0.15, 0.2) is 6.61 Å². The third kappa shape index (κ3) is 3.04. The number of carbonyl (C=O) groups excluding carboxylic acids is 1. The Morgan fingerprint density at radius 2 is 2.23 bits per heavy atom. The molecule has 1 amide bonds. The lowest BCUT2D eigenvalue weighted by Crippen LogP contribution is -2.20. The SMILES string of the molecule is Cc1ccc(NC(=O)COc2ncnc3sccc23)cc1F. The first-order valence-electron chi connectivity index (χ1n) is 6.50. The molecule has 1 N–H and O–H groups in total. The molecular weight excluding hydrogens is 305 g/mol. The Morgan fingerprint density at radius 3 is 3.05 bits per heavy atom. The summed E-state index contributed by atoms with van der Waals surface area (Å²) in [5, 5.41) is 5.22. The average molecular weight is 317 g/mol. The molecule has 0 saturated carbocycles. The topological polar surface area (TPSA) is 64.1 Å². The van der Waals surface area contributed by atoms with E-state index in [9.17, 15) is 9.18 Å². The molecule has 0 bridgehead atoms. The highest BCUT2D eigenvalue weighted by Crippen LogP contribution is 2.25. The van der Waals surface area contributed by atoms with E-state index in [4.69, 9.17) is 4.74 Å². The number of aromatic nitrogens is 2. The third-order valence-electron chi connectivity index (χ3n) is 3.02. The van der Waals surface area contributed by atoms with E-state index in [-0.39, 0.29) is 18.3 Å². The molecule has 2 heterocycles. The van der Waals surface area contributed by atoms with Crippen LogP contribution in [-0.2, 0) is 4.79 Å². The van der Waals surface area contributed by atoms with Crippen molar-refractivity contribution in [2.45, 2.75) is 6.92 Å². The maximum Gasteiger partial charge on any atom is 0.262 e. The summed E-state index contributed by atoms with van der Waals surface area (Å²) in [5.74, 6) is -0.392. The van der Waals surface area contributed by atoms with Gasteiger partial charge in [-0.05, 0) is 36.1 Å². The fourth-order valence-electron chi connectivity index (χ4n) is 1.88. The first-order valence-corrected chi connectivity index (χ1v) is 7.38. The molecule has 3 aromatic rings. The molecule has 22 heavy (non-hydrogen) atoms. The van der Waals surface area contributed by atoms with Gasteiger partial charge in [-0.25, -0.2) is 14.4 Å². The summed E-state index contributed by atoms with van der Waals surface area (Å²) in [6.45, 7) is 1.45. The Labute approximate surface area is 129 Å². The maximum atomic E-state index is 13.4. The number of hydrogen-bond acceptors (Lipinski definition) is 5. The van der Waals surface area contributed by atoms with Crippen LogP contribution >= 0.6 is 11.3 Å². The van der Waals surface area contributed by atoms with Gasteiger partial charge in [-0.3, -0.25) is 4.79 Å². The Morgan fingerprint density at radius 1 is 1.36 bits per heavy atom. The van der Waals surface area contributed by atoms with Crippen molar-refractivity contribution in [3.8, 4) is 5.88 Å². The third-order valence-corrected chi connectivity index (χ3v) is 3.84. The second kappa shape index (κ2) is 6.07. The summed E-state index contributed by atoms with van der Waals surface area (Å²) >= 11 is 1.47. The molecule has 0 fully saturated rings. The Balaban J connectivity index is 1.65. The summed E-state index contributed by atoms with van der Waals surface area (Å²) in [4.78, 5) is 20.8. The van der Waals surface area contributed by atoms with Crippen molar-refractivity contribution in [1.29, 1.82) is 0 Å². The van der Waals surface area contributed by atoms with Crippen molar-refractivity contribution in [2.24, 2.45) is 0 Å². The van der Waals surface area contributed by atoms with E-state index in [1.54, 1.807) is 19.1 Å². The fraction of sp³-hybridized carbons (Fsp3) is 0.133. The lowest BCUT2D eigenvalue weighted by Gasteiger charge is -2.08. The number of benzene rings is 1. The van der Waals surface area contributed by atoms with Crippen molar-refractivity contribution in [1.82, 2.24) is 9.97 Å². The highest BCUT2D eigenvalue weighted by Gasteiger charge is 2.09. The predicted molar refractivity (Wildman–Crippen MR) is 82.7 cm³/mol. The van der Waals surface area contributed by atoms with E-state index in [0.29, 0.717) is 17.1 Å². The number of halogens is 1. The average Bonchev–Trinajstić information content (AvgIpc) is 2.98. The van der Waals surface area contributed by atoms with Crippen molar-refractivity contribution in [2.75, 3.05) is 11.9 Å². The van der Waals surface area contributed by atoms with E-state index in [0.717, 1.165) is 10.2 Å². The van der Waals surface area contributed by atoms with Gasteiger partial charge in [-0.1, -0.05) is 6.07 Å². The van der Waals surface area contributed by atoms with Crippen LogP contribution in [0.15, 0.2) is 36.0 Å². The van der Waals surface area contributed by atoms with Gasteiger partial charge in [0.25, 0.3) is 5.91 Å². The minimum atomic E-state index is -0.384. The van der Waals surface area contributed by atoms with Crippen LogP contribution in [0.1, 0.15) is 5.56 Å². The molecule has 7 heteroatoms. The van der Waals surface area contributed by atoms with Gasteiger partial charge in [0, 0.05) is 5.69 Å². The van der Waals surface area contributed by atoms with E-state index < -0.39 is 0 Å². The molecule has 0 saturated heterocycles. The van der Waals surface area contributed by atoms with Gasteiger partial charge >= 0.3 is 0 Å². The predicted octanol–water partition coefficient (Wildman–Crippen LogP) is 3.16. The summed E-state index contributed by atoms with van der Waals surface area (Å²) in [7, 11) is 0. The molecule has 0 radical (unpaired) electrons. The van der Waals surface area contributed by atoms with Crippen molar-refractivity contribution >= 4 is 33.1 Å². The number of amides is 1. The van der Waals surface area contributed by atoms with Crippen LogP contribution in [0, 0.1) is 12.7 Å². The Hall–Kier alpha value is -2.54. The van der Waals surface area contributed by atoms with Crippen LogP contribution in [-0.4, -0.2) is 22.5 Å². The summed E-state index contributed by atoms with van der Waals surface area (Å²) < 4.78 is 18.8. The molecule has 5 nitrogen and oxygen atoms in total. The lowest BCUT2D eigenvalue weighted by molar-refractivity contribution is -0.118. The van der Waals surface area contributed by atoms with Gasteiger partial charge in [0.1, 0.15) is 17.0 Å². The van der Waals surface area contributed by atoms with Gasteiger partial charge in [0.2, 0.25) is 5.88 Å². The van der Waals surface area contributed by atoms with Crippen LogP contribution < -0.4 is 10.1 Å². The Bertz CT molecular complexity index is 835. The summed E-state index contributed by atoms with van der Waals surface area (Å²) in [5.41, 5.74) is 0.912. The van der Waals surface area contributed by atoms with Crippen molar-refractivity contribution < 1.29 is 13.9 Å². The first kappa shape index (κ1) is 14.4. The molecule has 0 aliphatic heterocycles. The molecule has 2 aromatic heterocycles. The van der Waals surface area contributed by atoms with Gasteiger partial charge < -0.3 is 10.1 Å². The van der Waals surface area contributed by atoms with E-state index in [1.165, 1.54) is 23.7 Å². The molecule has 0 aliphatic carbocycles. The van der Waals surface area contributed by atoms with Crippen molar-refractivity contribution in [3.05, 3.63) is 47.4 Å². The second-order valence-corrected chi connectivity index (χ2v) is 5.51. The zero-order valence-corrected chi connectivity index (χ0v) is 12.5. The maximum absolute atomic E-state index is 13.4. The van der Waals surface area contributed by atoms with Crippen molar-refractivity contribution in [3.63, 3.8) is 0 Å². The summed E-state index contributed by atoms with van der Waals surface area (Å²) in [6, 6.07) is 6.35. The monoisotopic (exact) mass is 317 g/mol. The Kier molecular flexibility index (Phi) is 3.97. The highest BCUT2D eigenvalue weighted by atomic mass is 32.1. The van der Waals surface area contributed by atoms with E-state index >= 15 is 0 Å². The van der Waals surface area contributed by atoms with Gasteiger partial charge in [0.05, 0.1) is 5.39 Å². The number of anilines is 1. The number of thiophene rings is 1. The van der Waals surface area contributed by atoms with E-state index in [1.807, 2.05) is 11.4 Å². The molecule has 1 aromatic carbocycles. The zero-order chi connectivity index (χ0) is 15.5. The van der Waals surface area contributed by atoms with Crippen LogP contribution in [0.2, 0.25) is 0 Å². The highest BCUT2D eigenvalue weighted by molar-refractivity contribution is 7.16. The molecule has 0 unspecified atom stereocenters. The largest absolute Gasteiger partial charge is 0.467 e. The number of hydrogen-bond donors (Lipinski definition) is 1. The molecule has 3 rings (SSSR count). The number of rotatable bonds is 4. The number of aryl methyl sites for hydroxylation is 1. The van der Waals surface area contributed by atoms with Crippen LogP contribution in [0.5, 0.6) is 5.88 Å². The number of carbonyl (C=O) groups is 1. The smallest absolute Gasteiger partial charge is 0.262 e. The first-order chi connectivity index (χ1) is 10.6. The standard InChI is InChI=1S/C15H12FN3O2S/c1-9-2-3-10(6-12(9)16)19-13(20)7-21-14-11-4-5-22-15(11)18-8-17-14/h2-6,8H,7H2,1H3,(H,19,20). The fourth-order valence-corrected chi connectivity index (χ4v) is 2.61. The summed E-state index contributed by atoms with van der Waals surface area (Å²) in [6.07, 6.45) is 1.39. The zero-order valence-electron chi connectivity index (χ0n) is 11.7.